The normalized spacial score (nSPS) is 32.0. The molecule has 0 amide bonds. The molecule has 0 aromatic heterocycles. The maximum Gasteiger partial charge on any atom is 0.303 e. The number of hydrogen-bond donors (Lipinski definition) is 1. The minimum atomic E-state index is -0.632. The highest BCUT2D eigenvalue weighted by molar-refractivity contribution is 5.67. The third-order valence-electron chi connectivity index (χ3n) is 5.65. The lowest BCUT2D eigenvalue weighted by molar-refractivity contribution is -0.138. The van der Waals surface area contributed by atoms with Crippen molar-refractivity contribution in [2.24, 2.45) is 23.2 Å². The van der Waals surface area contributed by atoms with Crippen LogP contribution in [0.15, 0.2) is 0 Å². The molecule has 1 saturated heterocycles. The average molecular weight is 295 g/mol. The molecule has 0 spiro atoms. The van der Waals surface area contributed by atoms with E-state index in [-0.39, 0.29) is 0 Å². The number of carboxylic acid groups (broad SMARTS) is 1. The van der Waals surface area contributed by atoms with Crippen LogP contribution < -0.4 is 0 Å². The van der Waals surface area contributed by atoms with Crippen LogP contribution in [0.5, 0.6) is 0 Å². The van der Waals surface area contributed by atoms with Gasteiger partial charge in [-0.2, -0.15) is 0 Å². The minimum absolute atomic E-state index is 0.354. The van der Waals surface area contributed by atoms with Crippen LogP contribution in [0.1, 0.15) is 65.7 Å². The smallest absolute Gasteiger partial charge is 0.303 e. The van der Waals surface area contributed by atoms with Gasteiger partial charge in [-0.05, 0) is 68.2 Å². The highest BCUT2D eigenvalue weighted by atomic mass is 16.4. The summed E-state index contributed by atoms with van der Waals surface area (Å²) in [6.07, 6.45) is 8.10. The average Bonchev–Trinajstić information content (AvgIpc) is 2.38. The monoisotopic (exact) mass is 295 g/mol. The Morgan fingerprint density at radius 3 is 2.33 bits per heavy atom. The van der Waals surface area contributed by atoms with Crippen molar-refractivity contribution in [3.05, 3.63) is 0 Å². The van der Waals surface area contributed by atoms with E-state index >= 15 is 0 Å². The maximum atomic E-state index is 10.9. The predicted molar refractivity (Wildman–Crippen MR) is 86.3 cm³/mol. The summed E-state index contributed by atoms with van der Waals surface area (Å²) in [5.74, 6) is 1.47. The number of carboxylic acids is 1. The van der Waals surface area contributed by atoms with Gasteiger partial charge in [0.25, 0.3) is 0 Å². The second kappa shape index (κ2) is 7.13. The molecule has 1 unspecified atom stereocenters. The Bertz CT molecular complexity index is 340. The van der Waals surface area contributed by atoms with Gasteiger partial charge in [-0.25, -0.2) is 0 Å². The van der Waals surface area contributed by atoms with Gasteiger partial charge in [0.2, 0.25) is 0 Å². The Balaban J connectivity index is 1.74. The summed E-state index contributed by atoms with van der Waals surface area (Å²) in [6, 6.07) is 0. The van der Waals surface area contributed by atoms with E-state index in [2.05, 4.69) is 25.7 Å². The van der Waals surface area contributed by atoms with E-state index in [1.807, 2.05) is 0 Å². The van der Waals surface area contributed by atoms with E-state index in [1.54, 1.807) is 0 Å². The Morgan fingerprint density at radius 2 is 1.76 bits per heavy atom. The summed E-state index contributed by atoms with van der Waals surface area (Å²) >= 11 is 0. The lowest BCUT2D eigenvalue weighted by Crippen LogP contribution is -2.40. The van der Waals surface area contributed by atoms with E-state index in [4.69, 9.17) is 5.11 Å². The van der Waals surface area contributed by atoms with E-state index in [1.165, 1.54) is 45.2 Å². The molecule has 3 heteroatoms. The Labute approximate surface area is 130 Å². The zero-order valence-corrected chi connectivity index (χ0v) is 14.1. The lowest BCUT2D eigenvalue weighted by atomic mass is 9.70. The van der Waals surface area contributed by atoms with Crippen LogP contribution >= 0.6 is 0 Å². The minimum Gasteiger partial charge on any atom is -0.481 e. The summed E-state index contributed by atoms with van der Waals surface area (Å²) in [6.45, 7) is 10.5. The summed E-state index contributed by atoms with van der Waals surface area (Å²) < 4.78 is 0. The first-order chi connectivity index (χ1) is 9.84. The molecule has 1 aliphatic carbocycles. The molecule has 0 radical (unpaired) electrons. The van der Waals surface area contributed by atoms with Gasteiger partial charge < -0.3 is 10.0 Å². The standard InChI is InChI=1S/C18H33NO2/c1-18(2,3)16-8-6-14(7-9-16)12-19-10-4-5-15(13-19)11-17(20)21/h14-16H,4-13H2,1-3H3,(H,20,21). The van der Waals surface area contributed by atoms with E-state index < -0.39 is 5.97 Å². The largest absolute Gasteiger partial charge is 0.481 e. The molecule has 21 heavy (non-hydrogen) atoms. The fraction of sp³-hybridized carbons (Fsp3) is 0.944. The van der Waals surface area contributed by atoms with Crippen LogP contribution in [0.3, 0.4) is 0 Å². The molecule has 1 saturated carbocycles. The fourth-order valence-electron chi connectivity index (χ4n) is 4.31. The summed E-state index contributed by atoms with van der Waals surface area (Å²) in [5.41, 5.74) is 0.461. The van der Waals surface area contributed by atoms with Crippen molar-refractivity contribution in [1.29, 1.82) is 0 Å². The Hall–Kier alpha value is -0.570. The number of hydrogen-bond acceptors (Lipinski definition) is 2. The van der Waals surface area contributed by atoms with Gasteiger partial charge >= 0.3 is 5.97 Å². The second-order valence-corrected chi connectivity index (χ2v) is 8.45. The molecule has 122 valence electrons. The molecule has 2 rings (SSSR count). The van der Waals surface area contributed by atoms with Gasteiger partial charge in [-0.1, -0.05) is 20.8 Å². The van der Waals surface area contributed by atoms with Gasteiger partial charge in [0.05, 0.1) is 0 Å². The molecular formula is C18H33NO2. The third-order valence-corrected chi connectivity index (χ3v) is 5.65. The number of rotatable bonds is 4. The van der Waals surface area contributed by atoms with Gasteiger partial charge in [-0.15, -0.1) is 0 Å². The molecular weight excluding hydrogens is 262 g/mol. The van der Waals surface area contributed by atoms with Gasteiger partial charge in [0, 0.05) is 19.5 Å². The van der Waals surface area contributed by atoms with Gasteiger partial charge in [0.15, 0.2) is 0 Å². The highest BCUT2D eigenvalue weighted by Crippen LogP contribution is 2.40. The lowest BCUT2D eigenvalue weighted by Gasteiger charge is -2.40. The van der Waals surface area contributed by atoms with E-state index in [0.717, 1.165) is 24.8 Å². The first kappa shape index (κ1) is 16.8. The van der Waals surface area contributed by atoms with Crippen molar-refractivity contribution in [2.75, 3.05) is 19.6 Å². The molecule has 1 heterocycles. The van der Waals surface area contributed by atoms with Crippen LogP contribution in [0.25, 0.3) is 0 Å². The van der Waals surface area contributed by atoms with Crippen LogP contribution in [-0.2, 0) is 4.79 Å². The Kier molecular flexibility index (Phi) is 5.70. The topological polar surface area (TPSA) is 40.5 Å². The maximum absolute atomic E-state index is 10.9. The van der Waals surface area contributed by atoms with Crippen molar-refractivity contribution >= 4 is 5.97 Å². The number of piperidine rings is 1. The number of carbonyl (C=O) groups is 1. The zero-order chi connectivity index (χ0) is 15.5. The van der Waals surface area contributed by atoms with Crippen molar-refractivity contribution in [3.63, 3.8) is 0 Å². The van der Waals surface area contributed by atoms with Gasteiger partial charge in [0.1, 0.15) is 0 Å². The molecule has 1 N–H and O–H groups in total. The second-order valence-electron chi connectivity index (χ2n) is 8.45. The van der Waals surface area contributed by atoms with E-state index in [9.17, 15) is 4.79 Å². The van der Waals surface area contributed by atoms with Crippen LogP contribution in [-0.4, -0.2) is 35.6 Å². The van der Waals surface area contributed by atoms with Crippen LogP contribution in [0, 0.1) is 23.2 Å². The molecule has 1 aliphatic heterocycles. The molecule has 2 fully saturated rings. The Morgan fingerprint density at radius 1 is 1.10 bits per heavy atom. The van der Waals surface area contributed by atoms with Gasteiger partial charge in [-0.3, -0.25) is 4.79 Å². The fourth-order valence-corrected chi connectivity index (χ4v) is 4.31. The van der Waals surface area contributed by atoms with Crippen molar-refractivity contribution in [1.82, 2.24) is 4.90 Å². The number of aliphatic carboxylic acids is 1. The summed E-state index contributed by atoms with van der Waals surface area (Å²) in [4.78, 5) is 13.4. The first-order valence-electron chi connectivity index (χ1n) is 8.78. The quantitative estimate of drug-likeness (QED) is 0.851. The highest BCUT2D eigenvalue weighted by Gasteiger charge is 2.31. The number of likely N-dealkylation sites (tertiary alicyclic amines) is 1. The SMILES string of the molecule is CC(C)(C)C1CCC(CN2CCCC(CC(=O)O)C2)CC1. The first-order valence-corrected chi connectivity index (χ1v) is 8.78. The predicted octanol–water partition coefficient (Wildman–Crippen LogP) is 4.03. The van der Waals surface area contributed by atoms with Crippen LogP contribution in [0.2, 0.25) is 0 Å². The zero-order valence-electron chi connectivity index (χ0n) is 14.1. The summed E-state index contributed by atoms with van der Waals surface area (Å²) in [7, 11) is 0. The molecule has 0 bridgehead atoms. The van der Waals surface area contributed by atoms with Crippen molar-refractivity contribution < 1.29 is 9.90 Å². The van der Waals surface area contributed by atoms with Crippen molar-refractivity contribution in [3.8, 4) is 0 Å². The molecule has 2 aliphatic rings. The molecule has 1 atom stereocenters. The molecule has 0 aromatic rings. The van der Waals surface area contributed by atoms with E-state index in [0.29, 0.717) is 17.8 Å². The molecule has 3 nitrogen and oxygen atoms in total. The van der Waals surface area contributed by atoms with Crippen molar-refractivity contribution in [2.45, 2.75) is 65.7 Å². The van der Waals surface area contributed by atoms with Crippen LogP contribution in [0.4, 0.5) is 0 Å². The summed E-state index contributed by atoms with van der Waals surface area (Å²) in [5, 5.41) is 8.96. The number of nitrogens with zero attached hydrogens (tertiary/aromatic N) is 1. The third kappa shape index (κ3) is 5.28. The molecule has 0 aromatic carbocycles.